The summed E-state index contributed by atoms with van der Waals surface area (Å²) in [5.74, 6) is 0.845. The molecule has 14 heavy (non-hydrogen) atoms. The zero-order valence-electron chi connectivity index (χ0n) is 9.04. The lowest BCUT2D eigenvalue weighted by molar-refractivity contribution is 0.953. The summed E-state index contributed by atoms with van der Waals surface area (Å²) in [6.07, 6.45) is 3.23. The molecule has 0 amide bonds. The first-order chi connectivity index (χ1) is 6.68. The van der Waals surface area contributed by atoms with Crippen molar-refractivity contribution >= 4 is 5.82 Å². The van der Waals surface area contributed by atoms with Gasteiger partial charge in [-0.15, -0.1) is 5.10 Å². The Bertz CT molecular complexity index is 297. The van der Waals surface area contributed by atoms with Gasteiger partial charge in [0.05, 0.1) is 5.69 Å². The highest BCUT2D eigenvalue weighted by molar-refractivity contribution is 5.32. The van der Waals surface area contributed by atoms with Crippen LogP contribution in [0.5, 0.6) is 0 Å². The molecule has 3 heteroatoms. The van der Waals surface area contributed by atoms with E-state index in [1.165, 1.54) is 5.57 Å². The Labute approximate surface area is 85.3 Å². The lowest BCUT2D eigenvalue weighted by atomic mass is 10.3. The minimum absolute atomic E-state index is 0.845. The van der Waals surface area contributed by atoms with Crippen molar-refractivity contribution in [3.8, 4) is 0 Å². The number of nitrogens with one attached hydrogen (secondary N) is 1. The summed E-state index contributed by atoms with van der Waals surface area (Å²) in [5.41, 5.74) is 2.29. The Morgan fingerprint density at radius 2 is 2.14 bits per heavy atom. The molecule has 1 aromatic rings. The quantitative estimate of drug-likeness (QED) is 0.587. The molecule has 0 aliphatic heterocycles. The third kappa shape index (κ3) is 4.03. The van der Waals surface area contributed by atoms with Gasteiger partial charge in [0.15, 0.2) is 0 Å². The normalized spacial score (nSPS) is 9.64. The van der Waals surface area contributed by atoms with Crippen LogP contribution in [0.3, 0.4) is 0 Å². The van der Waals surface area contributed by atoms with Crippen molar-refractivity contribution in [2.75, 3.05) is 11.9 Å². The van der Waals surface area contributed by atoms with Gasteiger partial charge in [0.1, 0.15) is 5.82 Å². The number of aromatic nitrogens is 2. The van der Waals surface area contributed by atoms with Gasteiger partial charge < -0.3 is 5.32 Å². The molecular formula is C11H17N3. The summed E-state index contributed by atoms with van der Waals surface area (Å²) in [5, 5.41) is 11.2. The standard InChI is InChI=1S/C11H17N3/c1-9(2)5-4-8-12-11-7-6-10(3)13-14-11/h5-7H,4,8H2,1-3H3,(H,12,14). The maximum absolute atomic E-state index is 4.01. The first-order valence-corrected chi connectivity index (χ1v) is 4.86. The predicted octanol–water partition coefficient (Wildman–Crippen LogP) is 2.55. The van der Waals surface area contributed by atoms with Crippen LogP contribution in [0.2, 0.25) is 0 Å². The Hall–Kier alpha value is -1.38. The number of anilines is 1. The second-order valence-electron chi connectivity index (χ2n) is 3.56. The zero-order chi connectivity index (χ0) is 10.4. The molecule has 0 aromatic carbocycles. The summed E-state index contributed by atoms with van der Waals surface area (Å²) in [4.78, 5) is 0. The SMILES string of the molecule is CC(C)=CCCNc1ccc(C)nn1. The smallest absolute Gasteiger partial charge is 0.148 e. The first kappa shape index (κ1) is 10.7. The fraction of sp³-hybridized carbons (Fsp3) is 0.455. The minimum atomic E-state index is 0.845. The Balaban J connectivity index is 2.32. The van der Waals surface area contributed by atoms with E-state index in [1.807, 2.05) is 19.1 Å². The number of rotatable bonds is 4. The lowest BCUT2D eigenvalue weighted by Gasteiger charge is -2.02. The maximum atomic E-state index is 4.01. The predicted molar refractivity (Wildman–Crippen MR) is 59.3 cm³/mol. The van der Waals surface area contributed by atoms with E-state index in [0.717, 1.165) is 24.5 Å². The van der Waals surface area contributed by atoms with E-state index in [9.17, 15) is 0 Å². The van der Waals surface area contributed by atoms with Crippen LogP contribution in [0.15, 0.2) is 23.8 Å². The second-order valence-corrected chi connectivity index (χ2v) is 3.56. The maximum Gasteiger partial charge on any atom is 0.148 e. The average molecular weight is 191 g/mol. The molecule has 1 N–H and O–H groups in total. The number of nitrogens with zero attached hydrogens (tertiary/aromatic N) is 2. The van der Waals surface area contributed by atoms with Crippen LogP contribution < -0.4 is 5.32 Å². The molecule has 0 atom stereocenters. The fourth-order valence-corrected chi connectivity index (χ4v) is 1.05. The first-order valence-electron chi connectivity index (χ1n) is 4.86. The van der Waals surface area contributed by atoms with Crippen LogP contribution in [0.4, 0.5) is 5.82 Å². The van der Waals surface area contributed by atoms with Gasteiger partial charge in [-0.1, -0.05) is 11.6 Å². The van der Waals surface area contributed by atoms with Gasteiger partial charge in [-0.25, -0.2) is 0 Å². The van der Waals surface area contributed by atoms with Crippen LogP contribution in [-0.4, -0.2) is 16.7 Å². The summed E-state index contributed by atoms with van der Waals surface area (Å²) in [6, 6.07) is 3.90. The van der Waals surface area contributed by atoms with Crippen molar-refractivity contribution in [1.29, 1.82) is 0 Å². The molecule has 1 rings (SSSR count). The summed E-state index contributed by atoms with van der Waals surface area (Å²) >= 11 is 0. The number of allylic oxidation sites excluding steroid dienone is 1. The van der Waals surface area contributed by atoms with E-state index >= 15 is 0 Å². The number of hydrogen-bond donors (Lipinski definition) is 1. The molecule has 76 valence electrons. The Morgan fingerprint density at radius 1 is 1.36 bits per heavy atom. The van der Waals surface area contributed by atoms with Crippen LogP contribution >= 0.6 is 0 Å². The van der Waals surface area contributed by atoms with Crippen molar-refractivity contribution in [1.82, 2.24) is 10.2 Å². The van der Waals surface area contributed by atoms with Gasteiger partial charge in [-0.05, 0) is 39.3 Å². The van der Waals surface area contributed by atoms with Gasteiger partial charge in [0.2, 0.25) is 0 Å². The Morgan fingerprint density at radius 3 is 2.71 bits per heavy atom. The van der Waals surface area contributed by atoms with E-state index in [0.29, 0.717) is 0 Å². The highest BCUT2D eigenvalue weighted by Crippen LogP contribution is 2.01. The third-order valence-electron chi connectivity index (χ3n) is 1.80. The number of aryl methyl sites for hydroxylation is 1. The molecule has 0 fully saturated rings. The zero-order valence-corrected chi connectivity index (χ0v) is 9.04. The van der Waals surface area contributed by atoms with E-state index in [1.54, 1.807) is 0 Å². The molecule has 0 aliphatic rings. The van der Waals surface area contributed by atoms with Crippen LogP contribution in [0.25, 0.3) is 0 Å². The van der Waals surface area contributed by atoms with Crippen LogP contribution in [0, 0.1) is 6.92 Å². The molecule has 0 aliphatic carbocycles. The molecular weight excluding hydrogens is 174 g/mol. The largest absolute Gasteiger partial charge is 0.368 e. The van der Waals surface area contributed by atoms with Gasteiger partial charge in [-0.3, -0.25) is 0 Å². The Kier molecular flexibility index (Phi) is 4.11. The molecule has 3 nitrogen and oxygen atoms in total. The fourth-order valence-electron chi connectivity index (χ4n) is 1.05. The highest BCUT2D eigenvalue weighted by Gasteiger charge is 1.92. The molecule has 0 saturated carbocycles. The second kappa shape index (κ2) is 5.37. The van der Waals surface area contributed by atoms with Crippen LogP contribution in [0.1, 0.15) is 26.0 Å². The van der Waals surface area contributed by atoms with Crippen molar-refractivity contribution in [3.63, 3.8) is 0 Å². The summed E-state index contributed by atoms with van der Waals surface area (Å²) in [7, 11) is 0. The summed E-state index contributed by atoms with van der Waals surface area (Å²) in [6.45, 7) is 7.04. The van der Waals surface area contributed by atoms with E-state index < -0.39 is 0 Å². The summed E-state index contributed by atoms with van der Waals surface area (Å²) < 4.78 is 0. The molecule has 1 heterocycles. The topological polar surface area (TPSA) is 37.8 Å². The van der Waals surface area contributed by atoms with Crippen molar-refractivity contribution in [2.24, 2.45) is 0 Å². The van der Waals surface area contributed by atoms with Crippen molar-refractivity contribution in [2.45, 2.75) is 27.2 Å². The number of hydrogen-bond acceptors (Lipinski definition) is 3. The van der Waals surface area contributed by atoms with Gasteiger partial charge >= 0.3 is 0 Å². The molecule has 0 radical (unpaired) electrons. The molecule has 0 bridgehead atoms. The minimum Gasteiger partial charge on any atom is -0.368 e. The van der Waals surface area contributed by atoms with E-state index in [2.05, 4.69) is 35.4 Å². The highest BCUT2D eigenvalue weighted by atomic mass is 15.2. The molecule has 0 unspecified atom stereocenters. The molecule has 0 saturated heterocycles. The third-order valence-corrected chi connectivity index (χ3v) is 1.80. The van der Waals surface area contributed by atoms with Crippen molar-refractivity contribution < 1.29 is 0 Å². The van der Waals surface area contributed by atoms with Crippen LogP contribution in [-0.2, 0) is 0 Å². The van der Waals surface area contributed by atoms with E-state index in [-0.39, 0.29) is 0 Å². The van der Waals surface area contributed by atoms with E-state index in [4.69, 9.17) is 0 Å². The molecule has 0 spiro atoms. The monoisotopic (exact) mass is 191 g/mol. The molecule has 1 aromatic heterocycles. The average Bonchev–Trinajstić information content (AvgIpc) is 2.15. The van der Waals surface area contributed by atoms with Gasteiger partial charge in [-0.2, -0.15) is 5.10 Å². The lowest BCUT2D eigenvalue weighted by Crippen LogP contribution is -2.03. The van der Waals surface area contributed by atoms with Crippen molar-refractivity contribution in [3.05, 3.63) is 29.5 Å². The van der Waals surface area contributed by atoms with Gasteiger partial charge in [0.25, 0.3) is 0 Å². The van der Waals surface area contributed by atoms with Gasteiger partial charge in [0, 0.05) is 6.54 Å².